The van der Waals surface area contributed by atoms with Crippen molar-refractivity contribution in [1.29, 1.82) is 0 Å². The van der Waals surface area contributed by atoms with Gasteiger partial charge in [-0.2, -0.15) is 0 Å². The fraction of sp³-hybridized carbons (Fsp3) is 0.190. The summed E-state index contributed by atoms with van der Waals surface area (Å²) in [6, 6.07) is 14.1. The number of likely N-dealkylation sites (N-methyl/N-ethyl adjacent to an activating group) is 1. The minimum Gasteiger partial charge on any atom is -0.324 e. The summed E-state index contributed by atoms with van der Waals surface area (Å²) in [5.74, 6) is 0.406. The van der Waals surface area contributed by atoms with E-state index in [2.05, 4.69) is 25.0 Å². The highest BCUT2D eigenvalue weighted by molar-refractivity contribution is 7.89. The zero-order valence-corrected chi connectivity index (χ0v) is 18.0. The molecule has 0 atom stereocenters. The van der Waals surface area contributed by atoms with Gasteiger partial charge in [0.2, 0.25) is 16.0 Å². The molecule has 160 valence electrons. The van der Waals surface area contributed by atoms with Crippen LogP contribution in [-0.2, 0) is 10.0 Å². The summed E-state index contributed by atoms with van der Waals surface area (Å²) in [6.45, 7) is 0.971. The highest BCUT2D eigenvalue weighted by Crippen LogP contribution is 2.21. The third-order valence-electron chi connectivity index (χ3n) is 4.61. The number of imidazole rings is 1. The minimum absolute atomic E-state index is 0.206. The van der Waals surface area contributed by atoms with E-state index >= 15 is 0 Å². The van der Waals surface area contributed by atoms with Gasteiger partial charge in [0.05, 0.1) is 22.5 Å². The maximum Gasteiger partial charge on any atom is 0.240 e. The van der Waals surface area contributed by atoms with E-state index < -0.39 is 10.0 Å². The van der Waals surface area contributed by atoms with Crippen molar-refractivity contribution in [1.82, 2.24) is 29.0 Å². The summed E-state index contributed by atoms with van der Waals surface area (Å²) in [5.41, 5.74) is 3.09. The van der Waals surface area contributed by atoms with Crippen molar-refractivity contribution in [3.05, 3.63) is 67.1 Å². The van der Waals surface area contributed by atoms with E-state index in [-0.39, 0.29) is 4.90 Å². The Bertz CT molecular complexity index is 1280. The van der Waals surface area contributed by atoms with Crippen LogP contribution in [0.3, 0.4) is 0 Å². The number of hydrogen-bond donors (Lipinski definition) is 2. The molecule has 0 saturated carbocycles. The molecular weight excluding hydrogens is 414 g/mol. The number of rotatable bonds is 8. The summed E-state index contributed by atoms with van der Waals surface area (Å²) in [5, 5.41) is 3.12. The number of benzene rings is 1. The molecule has 0 aliphatic heterocycles. The smallest absolute Gasteiger partial charge is 0.240 e. The van der Waals surface area contributed by atoms with Gasteiger partial charge in [0.1, 0.15) is 5.65 Å². The van der Waals surface area contributed by atoms with Gasteiger partial charge in [0.25, 0.3) is 0 Å². The van der Waals surface area contributed by atoms with Crippen molar-refractivity contribution in [2.24, 2.45) is 0 Å². The van der Waals surface area contributed by atoms with Crippen LogP contribution in [0.2, 0.25) is 0 Å². The highest BCUT2D eigenvalue weighted by atomic mass is 32.2. The Kier molecular flexibility index (Phi) is 5.94. The molecule has 2 N–H and O–H groups in total. The molecule has 9 nitrogen and oxygen atoms in total. The average Bonchev–Trinajstić information content (AvgIpc) is 3.18. The lowest BCUT2D eigenvalue weighted by Gasteiger charge is -2.11. The van der Waals surface area contributed by atoms with Crippen LogP contribution >= 0.6 is 0 Å². The predicted octanol–water partition coefficient (Wildman–Crippen LogP) is 2.37. The van der Waals surface area contributed by atoms with E-state index in [4.69, 9.17) is 0 Å². The third kappa shape index (κ3) is 4.88. The van der Waals surface area contributed by atoms with Gasteiger partial charge in [-0.3, -0.25) is 4.40 Å². The molecule has 0 saturated heterocycles. The Morgan fingerprint density at radius 2 is 1.84 bits per heavy atom. The van der Waals surface area contributed by atoms with Gasteiger partial charge >= 0.3 is 0 Å². The first-order chi connectivity index (χ1) is 14.9. The van der Waals surface area contributed by atoms with Crippen molar-refractivity contribution in [2.45, 2.75) is 4.90 Å². The second-order valence-electron chi connectivity index (χ2n) is 7.19. The summed E-state index contributed by atoms with van der Waals surface area (Å²) in [7, 11) is 0.232. The molecule has 3 aromatic heterocycles. The monoisotopic (exact) mass is 437 g/mol. The standard InChI is InChI=1S/C21H23N7O2S/c1-27(2)14-12-24-31(29,30)17-8-6-16(7-9-17)25-21-22-11-10-18(26-21)19-15-23-20-5-3-4-13-28(19)20/h3-11,13,15,24H,12,14H2,1-2H3,(H,22,25,26). The Labute approximate surface area is 180 Å². The molecule has 0 fully saturated rings. The molecular formula is C21H23N7O2S. The van der Waals surface area contributed by atoms with Crippen LogP contribution in [0.5, 0.6) is 0 Å². The summed E-state index contributed by atoms with van der Waals surface area (Å²) in [6.07, 6.45) is 5.36. The molecule has 0 radical (unpaired) electrons. The van der Waals surface area contributed by atoms with Gasteiger partial charge in [-0.05, 0) is 56.6 Å². The highest BCUT2D eigenvalue weighted by Gasteiger charge is 2.14. The van der Waals surface area contributed by atoms with E-state index in [0.717, 1.165) is 17.0 Å². The van der Waals surface area contributed by atoms with Crippen molar-refractivity contribution in [3.63, 3.8) is 0 Å². The number of nitrogens with zero attached hydrogens (tertiary/aromatic N) is 5. The Morgan fingerprint density at radius 3 is 2.61 bits per heavy atom. The molecule has 0 aliphatic rings. The summed E-state index contributed by atoms with van der Waals surface area (Å²) >= 11 is 0. The van der Waals surface area contributed by atoms with Gasteiger partial charge in [0, 0.05) is 31.2 Å². The van der Waals surface area contributed by atoms with Crippen molar-refractivity contribution in [3.8, 4) is 11.4 Å². The van der Waals surface area contributed by atoms with Crippen LogP contribution in [0.4, 0.5) is 11.6 Å². The number of sulfonamides is 1. The summed E-state index contributed by atoms with van der Waals surface area (Å²) < 4.78 is 29.3. The van der Waals surface area contributed by atoms with Gasteiger partial charge < -0.3 is 10.2 Å². The Hall–Kier alpha value is -3.34. The molecule has 0 bridgehead atoms. The number of aromatic nitrogens is 4. The lowest BCUT2D eigenvalue weighted by Crippen LogP contribution is -2.31. The fourth-order valence-corrected chi connectivity index (χ4v) is 4.04. The van der Waals surface area contributed by atoms with Crippen LogP contribution in [0.15, 0.2) is 72.0 Å². The van der Waals surface area contributed by atoms with Crippen molar-refractivity contribution >= 4 is 27.3 Å². The number of hydrogen-bond acceptors (Lipinski definition) is 7. The summed E-state index contributed by atoms with van der Waals surface area (Å²) in [4.78, 5) is 15.3. The van der Waals surface area contributed by atoms with Gasteiger partial charge in [-0.1, -0.05) is 6.07 Å². The zero-order valence-electron chi connectivity index (χ0n) is 17.2. The molecule has 4 rings (SSSR count). The van der Waals surface area contributed by atoms with Gasteiger partial charge in [-0.25, -0.2) is 28.1 Å². The van der Waals surface area contributed by atoms with E-state index in [1.165, 1.54) is 0 Å². The van der Waals surface area contributed by atoms with Crippen LogP contribution < -0.4 is 10.0 Å². The van der Waals surface area contributed by atoms with Crippen LogP contribution in [0.25, 0.3) is 17.0 Å². The first-order valence-corrected chi connectivity index (χ1v) is 11.2. The maximum absolute atomic E-state index is 12.4. The molecule has 0 amide bonds. The number of anilines is 2. The molecule has 3 heterocycles. The van der Waals surface area contributed by atoms with Crippen molar-refractivity contribution in [2.75, 3.05) is 32.5 Å². The largest absolute Gasteiger partial charge is 0.324 e. The third-order valence-corrected chi connectivity index (χ3v) is 6.08. The zero-order chi connectivity index (χ0) is 21.8. The quantitative estimate of drug-likeness (QED) is 0.436. The first-order valence-electron chi connectivity index (χ1n) is 9.69. The molecule has 0 aliphatic carbocycles. The van der Waals surface area contributed by atoms with E-state index in [1.54, 1.807) is 36.7 Å². The Balaban J connectivity index is 1.49. The van der Waals surface area contributed by atoms with Crippen LogP contribution in [-0.4, -0.2) is 59.9 Å². The first kappa shape index (κ1) is 20.9. The number of nitrogens with one attached hydrogen (secondary N) is 2. The predicted molar refractivity (Wildman–Crippen MR) is 120 cm³/mol. The molecule has 0 unspecified atom stereocenters. The van der Waals surface area contributed by atoms with Gasteiger partial charge in [-0.15, -0.1) is 0 Å². The molecule has 10 heteroatoms. The van der Waals surface area contributed by atoms with Gasteiger partial charge in [0.15, 0.2) is 0 Å². The number of fused-ring (bicyclic) bond motifs is 1. The second-order valence-corrected chi connectivity index (χ2v) is 8.96. The minimum atomic E-state index is -3.55. The SMILES string of the molecule is CN(C)CCNS(=O)(=O)c1ccc(Nc2nccc(-c3cnc4ccccn34)n2)cc1. The molecule has 0 spiro atoms. The normalized spacial score (nSPS) is 11.8. The molecule has 1 aromatic carbocycles. The molecule has 31 heavy (non-hydrogen) atoms. The Morgan fingerprint density at radius 1 is 1.03 bits per heavy atom. The van der Waals surface area contributed by atoms with E-state index in [0.29, 0.717) is 24.7 Å². The maximum atomic E-state index is 12.4. The lowest BCUT2D eigenvalue weighted by molar-refractivity contribution is 0.412. The van der Waals surface area contributed by atoms with Crippen LogP contribution in [0.1, 0.15) is 0 Å². The van der Waals surface area contributed by atoms with E-state index in [9.17, 15) is 8.42 Å². The van der Waals surface area contributed by atoms with Crippen molar-refractivity contribution < 1.29 is 8.42 Å². The fourth-order valence-electron chi connectivity index (χ4n) is 3.02. The second kappa shape index (κ2) is 8.80. The number of pyridine rings is 1. The topological polar surface area (TPSA) is 105 Å². The van der Waals surface area contributed by atoms with E-state index in [1.807, 2.05) is 53.9 Å². The lowest BCUT2D eigenvalue weighted by atomic mass is 10.3. The molecule has 4 aromatic rings. The van der Waals surface area contributed by atoms with Crippen LogP contribution in [0, 0.1) is 0 Å². The average molecular weight is 438 g/mol.